The average molecular weight is 291 g/mol. The number of piperazine rings is 1. The summed E-state index contributed by atoms with van der Waals surface area (Å²) >= 11 is 5.16. The second kappa shape index (κ2) is 5.41. The lowest BCUT2D eigenvalue weighted by Gasteiger charge is -2.33. The number of aliphatic hydroxyl groups is 1. The van der Waals surface area contributed by atoms with Crippen molar-refractivity contribution in [3.05, 3.63) is 20.8 Å². The molecule has 1 aliphatic rings. The highest BCUT2D eigenvalue weighted by Crippen LogP contribution is 2.29. The third kappa shape index (κ3) is 2.79. The van der Waals surface area contributed by atoms with Gasteiger partial charge in [0.1, 0.15) is 0 Å². The zero-order valence-electron chi connectivity index (χ0n) is 8.45. The van der Waals surface area contributed by atoms with Crippen molar-refractivity contribution >= 4 is 27.3 Å². The monoisotopic (exact) mass is 290 g/mol. The third-order valence-electron chi connectivity index (χ3n) is 2.68. The Bertz CT molecular complexity index is 312. The van der Waals surface area contributed by atoms with Crippen molar-refractivity contribution in [3.63, 3.8) is 0 Å². The van der Waals surface area contributed by atoms with E-state index in [1.807, 2.05) is 0 Å². The number of rotatable bonds is 3. The number of hydrogen-bond donors (Lipinski definition) is 2. The maximum atomic E-state index is 9.47. The van der Waals surface area contributed by atoms with Gasteiger partial charge in [-0.15, -0.1) is 11.3 Å². The van der Waals surface area contributed by atoms with Crippen LogP contribution in [0.4, 0.5) is 0 Å². The van der Waals surface area contributed by atoms with Crippen LogP contribution in [0.5, 0.6) is 0 Å². The Labute approximate surface area is 102 Å². The summed E-state index contributed by atoms with van der Waals surface area (Å²) in [5.41, 5.74) is 0. The lowest BCUT2D eigenvalue weighted by Crippen LogP contribution is -2.45. The van der Waals surface area contributed by atoms with Crippen LogP contribution in [0.3, 0.4) is 0 Å². The van der Waals surface area contributed by atoms with Crippen molar-refractivity contribution in [2.75, 3.05) is 32.8 Å². The summed E-state index contributed by atoms with van der Waals surface area (Å²) in [5, 5.41) is 14.9. The molecule has 0 amide bonds. The molecule has 1 atom stereocenters. The van der Waals surface area contributed by atoms with Gasteiger partial charge in [0.05, 0.1) is 12.6 Å². The molecule has 0 spiro atoms. The van der Waals surface area contributed by atoms with Crippen molar-refractivity contribution in [1.29, 1.82) is 0 Å². The van der Waals surface area contributed by atoms with Crippen molar-refractivity contribution in [3.8, 4) is 0 Å². The summed E-state index contributed by atoms with van der Waals surface area (Å²) in [5.74, 6) is 0. The molecule has 3 nitrogen and oxygen atoms in total. The van der Waals surface area contributed by atoms with Crippen molar-refractivity contribution < 1.29 is 5.11 Å². The first-order valence-corrected chi connectivity index (χ1v) is 6.78. The van der Waals surface area contributed by atoms with Gasteiger partial charge in [0.25, 0.3) is 0 Å². The number of nitrogens with zero attached hydrogens (tertiary/aromatic N) is 1. The predicted octanol–water partition coefficient (Wildman–Crippen LogP) is 1.45. The molecule has 2 N–H and O–H groups in total. The fourth-order valence-electron chi connectivity index (χ4n) is 1.88. The summed E-state index contributed by atoms with van der Waals surface area (Å²) < 4.78 is 1.11. The van der Waals surface area contributed by atoms with Gasteiger partial charge >= 0.3 is 0 Å². The van der Waals surface area contributed by atoms with E-state index in [1.54, 1.807) is 11.3 Å². The molecule has 5 heteroatoms. The first-order valence-electron chi connectivity index (χ1n) is 5.11. The molecule has 1 unspecified atom stereocenters. The Kier molecular flexibility index (Phi) is 4.16. The average Bonchev–Trinajstić information content (AvgIpc) is 2.68. The molecule has 2 rings (SSSR count). The van der Waals surface area contributed by atoms with Crippen LogP contribution in [0, 0.1) is 0 Å². The van der Waals surface area contributed by atoms with Crippen LogP contribution in [0.25, 0.3) is 0 Å². The van der Waals surface area contributed by atoms with E-state index in [0.29, 0.717) is 0 Å². The summed E-state index contributed by atoms with van der Waals surface area (Å²) in [4.78, 5) is 3.58. The van der Waals surface area contributed by atoms with E-state index in [9.17, 15) is 5.11 Å². The first-order chi connectivity index (χ1) is 7.31. The molecule has 0 saturated carbocycles. The van der Waals surface area contributed by atoms with Crippen LogP contribution in [-0.2, 0) is 0 Å². The summed E-state index contributed by atoms with van der Waals surface area (Å²) in [7, 11) is 0. The standard InChI is InChI=1S/C10H15BrN2OS/c11-8-5-10(15-7-8)9(6-14)13-3-1-12-2-4-13/h5,7,9,12,14H,1-4,6H2. The van der Waals surface area contributed by atoms with Crippen LogP contribution < -0.4 is 5.32 Å². The SMILES string of the molecule is OCC(c1cc(Br)cs1)N1CCNCC1. The van der Waals surface area contributed by atoms with Gasteiger partial charge in [-0.3, -0.25) is 4.90 Å². The lowest BCUT2D eigenvalue weighted by molar-refractivity contribution is 0.113. The normalized spacial score (nSPS) is 20.4. The molecule has 1 aromatic heterocycles. The van der Waals surface area contributed by atoms with Crippen LogP contribution in [-0.4, -0.2) is 42.8 Å². The van der Waals surface area contributed by atoms with Crippen molar-refractivity contribution in [1.82, 2.24) is 10.2 Å². The minimum absolute atomic E-state index is 0.170. The first kappa shape index (κ1) is 11.5. The van der Waals surface area contributed by atoms with Gasteiger partial charge in [-0.2, -0.15) is 0 Å². The molecule has 0 radical (unpaired) electrons. The molecular formula is C10H15BrN2OS. The van der Waals surface area contributed by atoms with Crippen LogP contribution in [0.1, 0.15) is 10.9 Å². The second-order valence-electron chi connectivity index (χ2n) is 3.65. The molecule has 1 aromatic rings. The number of halogens is 1. The Morgan fingerprint density at radius 3 is 2.80 bits per heavy atom. The lowest BCUT2D eigenvalue weighted by atomic mass is 10.2. The minimum atomic E-state index is 0.170. The van der Waals surface area contributed by atoms with E-state index >= 15 is 0 Å². The molecule has 1 fully saturated rings. The summed E-state index contributed by atoms with van der Waals surface area (Å²) in [6.07, 6.45) is 0. The molecule has 1 aliphatic heterocycles. The molecule has 15 heavy (non-hydrogen) atoms. The molecule has 2 heterocycles. The fraction of sp³-hybridized carbons (Fsp3) is 0.600. The van der Waals surface area contributed by atoms with E-state index in [-0.39, 0.29) is 12.6 Å². The van der Waals surface area contributed by atoms with Gasteiger partial charge in [-0.25, -0.2) is 0 Å². The van der Waals surface area contributed by atoms with E-state index < -0.39 is 0 Å². The van der Waals surface area contributed by atoms with Crippen LogP contribution >= 0.6 is 27.3 Å². The van der Waals surface area contributed by atoms with Crippen molar-refractivity contribution in [2.24, 2.45) is 0 Å². The van der Waals surface area contributed by atoms with Gasteiger partial charge in [0.2, 0.25) is 0 Å². The molecular weight excluding hydrogens is 276 g/mol. The van der Waals surface area contributed by atoms with Crippen LogP contribution in [0.2, 0.25) is 0 Å². The quantitative estimate of drug-likeness (QED) is 0.885. The molecule has 0 aromatic carbocycles. The van der Waals surface area contributed by atoms with E-state index in [2.05, 4.69) is 37.6 Å². The van der Waals surface area contributed by atoms with Crippen LogP contribution in [0.15, 0.2) is 15.9 Å². The molecule has 0 bridgehead atoms. The molecule has 0 aliphatic carbocycles. The maximum Gasteiger partial charge on any atom is 0.0676 e. The fourth-order valence-corrected chi connectivity index (χ4v) is 3.45. The number of aliphatic hydroxyl groups excluding tert-OH is 1. The Morgan fingerprint density at radius 1 is 1.53 bits per heavy atom. The highest BCUT2D eigenvalue weighted by Gasteiger charge is 2.22. The summed E-state index contributed by atoms with van der Waals surface area (Å²) in [6, 6.07) is 2.27. The van der Waals surface area contributed by atoms with E-state index in [1.165, 1.54) is 4.88 Å². The van der Waals surface area contributed by atoms with E-state index in [0.717, 1.165) is 30.7 Å². The topological polar surface area (TPSA) is 35.5 Å². The maximum absolute atomic E-state index is 9.47. The molecule has 84 valence electrons. The smallest absolute Gasteiger partial charge is 0.0676 e. The largest absolute Gasteiger partial charge is 0.394 e. The van der Waals surface area contributed by atoms with Gasteiger partial charge in [-0.05, 0) is 22.0 Å². The van der Waals surface area contributed by atoms with Gasteiger partial charge in [0, 0.05) is 40.9 Å². The van der Waals surface area contributed by atoms with Crippen molar-refractivity contribution in [2.45, 2.75) is 6.04 Å². The number of hydrogen-bond acceptors (Lipinski definition) is 4. The predicted molar refractivity (Wildman–Crippen MR) is 66.3 cm³/mol. The molecule has 1 saturated heterocycles. The number of nitrogens with one attached hydrogen (secondary N) is 1. The zero-order valence-corrected chi connectivity index (χ0v) is 10.9. The Hall–Kier alpha value is 0.0600. The Balaban J connectivity index is 2.08. The highest BCUT2D eigenvalue weighted by molar-refractivity contribution is 9.10. The summed E-state index contributed by atoms with van der Waals surface area (Å²) in [6.45, 7) is 4.26. The minimum Gasteiger partial charge on any atom is -0.394 e. The Morgan fingerprint density at radius 2 is 2.27 bits per heavy atom. The van der Waals surface area contributed by atoms with Gasteiger partial charge in [-0.1, -0.05) is 0 Å². The third-order valence-corrected chi connectivity index (χ3v) is 4.48. The van der Waals surface area contributed by atoms with E-state index in [4.69, 9.17) is 0 Å². The second-order valence-corrected chi connectivity index (χ2v) is 5.51. The van der Waals surface area contributed by atoms with Gasteiger partial charge in [0.15, 0.2) is 0 Å². The number of thiophene rings is 1. The van der Waals surface area contributed by atoms with Gasteiger partial charge < -0.3 is 10.4 Å². The highest BCUT2D eigenvalue weighted by atomic mass is 79.9. The zero-order chi connectivity index (χ0) is 10.7.